The Balaban J connectivity index is 1.44. The largest absolute Gasteiger partial charge is 0.355 e. The quantitative estimate of drug-likeness (QED) is 0.405. The second-order valence-corrected chi connectivity index (χ2v) is 10.7. The Hall–Kier alpha value is -3.22. The van der Waals surface area contributed by atoms with Gasteiger partial charge >= 0.3 is 0 Å². The maximum Gasteiger partial charge on any atom is 0.245 e. The lowest BCUT2D eigenvalue weighted by Gasteiger charge is -2.35. The van der Waals surface area contributed by atoms with Gasteiger partial charge < -0.3 is 15.2 Å². The summed E-state index contributed by atoms with van der Waals surface area (Å²) in [6.45, 7) is 4.61. The Labute approximate surface area is 218 Å². The highest BCUT2D eigenvalue weighted by Crippen LogP contribution is 2.37. The number of rotatable bonds is 7. The number of carbonyl (C=O) groups is 2. The number of nitrogens with one attached hydrogen (secondary N) is 2. The van der Waals surface area contributed by atoms with E-state index in [-0.39, 0.29) is 35.5 Å². The first-order chi connectivity index (χ1) is 18.0. The number of nitrogens with zero attached hydrogens (tertiary/aromatic N) is 2. The van der Waals surface area contributed by atoms with Crippen LogP contribution in [0, 0.1) is 17.7 Å². The number of carbonyl (C=O) groups excluding carboxylic acids is 2. The molecular weight excluding hydrogens is 467 g/mol. The molecular formula is C30H37FN4O2. The number of pyridine rings is 1. The van der Waals surface area contributed by atoms with Crippen molar-refractivity contribution in [1.82, 2.24) is 20.2 Å². The van der Waals surface area contributed by atoms with Crippen molar-refractivity contribution in [2.45, 2.75) is 77.3 Å². The number of aromatic amines is 1. The third-order valence-corrected chi connectivity index (χ3v) is 8.32. The fourth-order valence-corrected chi connectivity index (χ4v) is 5.94. The summed E-state index contributed by atoms with van der Waals surface area (Å²) < 4.78 is 13.5. The number of amides is 2. The third-order valence-electron chi connectivity index (χ3n) is 8.32. The third kappa shape index (κ3) is 5.27. The standard InChI is InChI=1S/C30H37FN4O2/c1-3-19(2)29(36)34-28(20-8-5-4-6-9-20)30(37)35-17-7-10-25(35)24-18-22-15-16-32-26(27(22)33-24)21-11-13-23(31)14-12-21/h11-16,18-20,25,28,33H,3-10,17H2,1-2H3,(H,34,36)/t19-,25+,28+/m1/s1. The van der Waals surface area contributed by atoms with E-state index >= 15 is 0 Å². The van der Waals surface area contributed by atoms with Gasteiger partial charge in [0, 0.05) is 35.3 Å². The van der Waals surface area contributed by atoms with E-state index in [2.05, 4.69) is 21.4 Å². The summed E-state index contributed by atoms with van der Waals surface area (Å²) in [6.07, 6.45) is 9.69. The van der Waals surface area contributed by atoms with Gasteiger partial charge in [-0.2, -0.15) is 0 Å². The van der Waals surface area contributed by atoms with Gasteiger partial charge in [-0.1, -0.05) is 33.1 Å². The molecule has 1 saturated heterocycles. The Morgan fingerprint density at radius 3 is 2.59 bits per heavy atom. The minimum absolute atomic E-state index is 0.0252. The van der Waals surface area contributed by atoms with E-state index in [1.165, 1.54) is 18.6 Å². The first kappa shape index (κ1) is 25.4. The molecule has 2 fully saturated rings. The fraction of sp³-hybridized carbons (Fsp3) is 0.500. The lowest BCUT2D eigenvalue weighted by atomic mass is 9.83. The average molecular weight is 505 g/mol. The number of benzene rings is 1. The van der Waals surface area contributed by atoms with Crippen molar-refractivity contribution < 1.29 is 14.0 Å². The molecule has 5 rings (SSSR count). The molecule has 3 atom stereocenters. The minimum Gasteiger partial charge on any atom is -0.355 e. The Bertz CT molecular complexity index is 1250. The predicted molar refractivity (Wildman–Crippen MR) is 143 cm³/mol. The van der Waals surface area contributed by atoms with E-state index in [9.17, 15) is 14.0 Å². The zero-order valence-corrected chi connectivity index (χ0v) is 21.8. The number of likely N-dealkylation sites (tertiary alicyclic amines) is 1. The molecule has 6 nitrogen and oxygen atoms in total. The zero-order chi connectivity index (χ0) is 25.9. The van der Waals surface area contributed by atoms with Gasteiger partial charge in [0.1, 0.15) is 11.9 Å². The fourth-order valence-electron chi connectivity index (χ4n) is 5.94. The molecule has 2 N–H and O–H groups in total. The van der Waals surface area contributed by atoms with Crippen LogP contribution in [0.1, 0.15) is 76.9 Å². The molecule has 0 spiro atoms. The van der Waals surface area contributed by atoms with Gasteiger partial charge in [-0.25, -0.2) is 4.39 Å². The smallest absolute Gasteiger partial charge is 0.245 e. The van der Waals surface area contributed by atoms with Gasteiger partial charge in [0.2, 0.25) is 11.8 Å². The summed E-state index contributed by atoms with van der Waals surface area (Å²) in [7, 11) is 0. The highest BCUT2D eigenvalue weighted by Gasteiger charge is 2.39. The number of hydrogen-bond donors (Lipinski definition) is 2. The molecule has 0 unspecified atom stereocenters. The van der Waals surface area contributed by atoms with Crippen LogP contribution in [0.5, 0.6) is 0 Å². The van der Waals surface area contributed by atoms with Crippen molar-refractivity contribution >= 4 is 22.7 Å². The lowest BCUT2D eigenvalue weighted by Crippen LogP contribution is -2.53. The van der Waals surface area contributed by atoms with Gasteiger partial charge in [-0.05, 0) is 74.4 Å². The topological polar surface area (TPSA) is 78.1 Å². The Morgan fingerprint density at radius 2 is 1.86 bits per heavy atom. The van der Waals surface area contributed by atoms with E-state index in [1.54, 1.807) is 18.3 Å². The van der Waals surface area contributed by atoms with Crippen LogP contribution in [0.4, 0.5) is 4.39 Å². The Morgan fingerprint density at radius 1 is 1.11 bits per heavy atom. The normalized spacial score (nSPS) is 20.2. The number of H-pyrrole nitrogens is 1. The second-order valence-electron chi connectivity index (χ2n) is 10.7. The van der Waals surface area contributed by atoms with Gasteiger partial charge in [0.05, 0.1) is 17.3 Å². The first-order valence-corrected chi connectivity index (χ1v) is 13.8. The highest BCUT2D eigenvalue weighted by molar-refractivity contribution is 5.93. The van der Waals surface area contributed by atoms with Crippen molar-refractivity contribution in [3.63, 3.8) is 0 Å². The van der Waals surface area contributed by atoms with Gasteiger partial charge in [-0.15, -0.1) is 0 Å². The number of halogens is 1. The molecule has 196 valence electrons. The van der Waals surface area contributed by atoms with Crippen LogP contribution in [0.3, 0.4) is 0 Å². The molecule has 7 heteroatoms. The zero-order valence-electron chi connectivity index (χ0n) is 21.8. The van der Waals surface area contributed by atoms with Crippen molar-refractivity contribution in [3.05, 3.63) is 54.1 Å². The molecule has 2 amide bonds. The summed E-state index contributed by atoms with van der Waals surface area (Å²) in [5.74, 6) is -0.188. The van der Waals surface area contributed by atoms with Gasteiger partial charge in [0.25, 0.3) is 0 Å². The van der Waals surface area contributed by atoms with E-state index in [4.69, 9.17) is 0 Å². The van der Waals surface area contributed by atoms with Crippen LogP contribution in [-0.4, -0.2) is 39.3 Å². The summed E-state index contributed by atoms with van der Waals surface area (Å²) >= 11 is 0. The van der Waals surface area contributed by atoms with Crippen LogP contribution in [0.2, 0.25) is 0 Å². The van der Waals surface area contributed by atoms with Crippen molar-refractivity contribution in [3.8, 4) is 11.3 Å². The van der Waals surface area contributed by atoms with E-state index in [0.717, 1.165) is 72.8 Å². The lowest BCUT2D eigenvalue weighted by molar-refractivity contribution is -0.140. The summed E-state index contributed by atoms with van der Waals surface area (Å²) in [6, 6.07) is 9.87. The first-order valence-electron chi connectivity index (χ1n) is 13.8. The summed E-state index contributed by atoms with van der Waals surface area (Å²) in [5, 5.41) is 4.18. The average Bonchev–Trinajstić information content (AvgIpc) is 3.59. The molecule has 2 aliphatic rings. The molecule has 1 aliphatic carbocycles. The van der Waals surface area contributed by atoms with Crippen molar-refractivity contribution in [2.75, 3.05) is 6.54 Å². The SMILES string of the molecule is CC[C@@H](C)C(=O)N[C@H](C(=O)N1CCC[C@H]1c1cc2ccnc(-c3ccc(F)cc3)c2[nH]1)C1CCCCC1. The van der Waals surface area contributed by atoms with Gasteiger partial charge in [0.15, 0.2) is 0 Å². The number of hydrogen-bond acceptors (Lipinski definition) is 3. The molecule has 1 aliphatic heterocycles. The highest BCUT2D eigenvalue weighted by atomic mass is 19.1. The predicted octanol–water partition coefficient (Wildman–Crippen LogP) is 6.14. The van der Waals surface area contributed by atoms with E-state index in [1.807, 2.05) is 24.8 Å². The van der Waals surface area contributed by atoms with Gasteiger partial charge in [-0.3, -0.25) is 14.6 Å². The number of aromatic nitrogens is 2. The monoisotopic (exact) mass is 504 g/mol. The summed E-state index contributed by atoms with van der Waals surface area (Å²) in [4.78, 5) is 37.0. The molecule has 37 heavy (non-hydrogen) atoms. The molecule has 1 saturated carbocycles. The maximum atomic E-state index is 14.1. The van der Waals surface area contributed by atoms with E-state index < -0.39 is 6.04 Å². The van der Waals surface area contributed by atoms with E-state index in [0.29, 0.717) is 6.54 Å². The van der Waals surface area contributed by atoms with Crippen molar-refractivity contribution in [1.29, 1.82) is 0 Å². The Kier molecular flexibility index (Phi) is 7.58. The molecule has 2 aromatic heterocycles. The second kappa shape index (κ2) is 11.0. The van der Waals surface area contributed by atoms with Crippen LogP contribution in [0.15, 0.2) is 42.6 Å². The number of fused-ring (bicyclic) bond motifs is 1. The van der Waals surface area contributed by atoms with Crippen LogP contribution >= 0.6 is 0 Å². The maximum absolute atomic E-state index is 14.1. The van der Waals surface area contributed by atoms with Crippen LogP contribution < -0.4 is 5.32 Å². The summed E-state index contributed by atoms with van der Waals surface area (Å²) in [5.41, 5.74) is 3.47. The minimum atomic E-state index is -0.469. The molecule has 0 bridgehead atoms. The van der Waals surface area contributed by atoms with Crippen LogP contribution in [0.25, 0.3) is 22.2 Å². The van der Waals surface area contributed by atoms with Crippen LogP contribution in [-0.2, 0) is 9.59 Å². The molecule has 3 aromatic rings. The van der Waals surface area contributed by atoms with Crippen molar-refractivity contribution in [2.24, 2.45) is 11.8 Å². The molecule has 3 heterocycles. The molecule has 0 radical (unpaired) electrons. The molecule has 1 aromatic carbocycles.